The van der Waals surface area contributed by atoms with Crippen molar-refractivity contribution < 1.29 is 0 Å². The summed E-state index contributed by atoms with van der Waals surface area (Å²) in [7, 11) is 1.92. The van der Waals surface area contributed by atoms with Crippen LogP contribution in [0.3, 0.4) is 0 Å². The third-order valence-corrected chi connectivity index (χ3v) is 2.16. The fourth-order valence-corrected chi connectivity index (χ4v) is 1.35. The lowest BCUT2D eigenvalue weighted by molar-refractivity contribution is 0.818. The number of hydrogen-bond acceptors (Lipinski definition) is 1. The van der Waals surface area contributed by atoms with Crippen molar-refractivity contribution in [1.29, 1.82) is 0 Å². The topological polar surface area (TPSA) is 12.0 Å². The maximum atomic E-state index is 6.02. The molecule has 0 aliphatic carbocycles. The second-order valence-electron chi connectivity index (χ2n) is 3.14. The molecule has 0 aliphatic rings. The predicted octanol–water partition coefficient (Wildman–Crippen LogP) is 2.61. The van der Waals surface area contributed by atoms with Crippen LogP contribution in [0, 0.1) is 18.8 Å². The van der Waals surface area contributed by atoms with E-state index in [9.17, 15) is 0 Å². The van der Waals surface area contributed by atoms with Crippen LogP contribution in [-0.2, 0) is 0 Å². The Morgan fingerprint density at radius 2 is 2.21 bits per heavy atom. The molecule has 2 heteroatoms. The lowest BCUT2D eigenvalue weighted by Gasteiger charge is -1.96. The molecule has 1 aromatic rings. The van der Waals surface area contributed by atoms with Gasteiger partial charge in [-0.05, 0) is 31.7 Å². The summed E-state index contributed by atoms with van der Waals surface area (Å²) in [6.45, 7) is 2.93. The standard InChI is InChI=1S/C12H14ClN/c1-10-6-7-11(12(13)9-10)5-3-4-8-14-2/h6-7,9,14H,4,8H2,1-2H3. The third-order valence-electron chi connectivity index (χ3n) is 1.85. The van der Waals surface area contributed by atoms with Crippen LogP contribution >= 0.6 is 11.6 Å². The maximum Gasteiger partial charge on any atom is 0.0565 e. The second-order valence-corrected chi connectivity index (χ2v) is 3.55. The summed E-state index contributed by atoms with van der Waals surface area (Å²) in [6.07, 6.45) is 0.848. The van der Waals surface area contributed by atoms with E-state index in [4.69, 9.17) is 11.6 Å². The SMILES string of the molecule is CNCCC#Cc1ccc(C)cc1Cl. The van der Waals surface area contributed by atoms with Gasteiger partial charge >= 0.3 is 0 Å². The minimum Gasteiger partial charge on any atom is -0.319 e. The van der Waals surface area contributed by atoms with Crippen LogP contribution in [0.25, 0.3) is 0 Å². The number of hydrogen-bond donors (Lipinski definition) is 1. The summed E-state index contributed by atoms with van der Waals surface area (Å²) >= 11 is 6.02. The van der Waals surface area contributed by atoms with Crippen molar-refractivity contribution in [3.63, 3.8) is 0 Å². The van der Waals surface area contributed by atoms with Crippen molar-refractivity contribution in [3.05, 3.63) is 34.3 Å². The Bertz CT molecular complexity index is 360. The smallest absolute Gasteiger partial charge is 0.0565 e. The molecule has 1 N–H and O–H groups in total. The van der Waals surface area contributed by atoms with E-state index in [1.807, 2.05) is 32.2 Å². The van der Waals surface area contributed by atoms with Crippen LogP contribution in [0.5, 0.6) is 0 Å². The third kappa shape index (κ3) is 3.41. The Morgan fingerprint density at radius 3 is 2.86 bits per heavy atom. The molecule has 0 aromatic heterocycles. The van der Waals surface area contributed by atoms with Gasteiger partial charge in [0.1, 0.15) is 0 Å². The summed E-state index contributed by atoms with van der Waals surface area (Å²) in [5.74, 6) is 6.12. The molecule has 0 saturated carbocycles. The highest BCUT2D eigenvalue weighted by molar-refractivity contribution is 6.31. The predicted molar refractivity (Wildman–Crippen MR) is 61.6 cm³/mol. The van der Waals surface area contributed by atoms with Gasteiger partial charge in [-0.3, -0.25) is 0 Å². The number of rotatable bonds is 2. The van der Waals surface area contributed by atoms with Crippen LogP contribution in [0.4, 0.5) is 0 Å². The van der Waals surface area contributed by atoms with Crippen LogP contribution in [0.2, 0.25) is 5.02 Å². The lowest BCUT2D eigenvalue weighted by Crippen LogP contribution is -2.05. The molecular weight excluding hydrogens is 194 g/mol. The van der Waals surface area contributed by atoms with E-state index in [0.717, 1.165) is 29.1 Å². The number of benzene rings is 1. The minimum atomic E-state index is 0.738. The van der Waals surface area contributed by atoms with Crippen molar-refractivity contribution in [2.24, 2.45) is 0 Å². The molecule has 0 aliphatic heterocycles. The first kappa shape index (κ1) is 11.1. The molecule has 0 heterocycles. The Labute approximate surface area is 90.5 Å². The van der Waals surface area contributed by atoms with E-state index in [0.29, 0.717) is 0 Å². The quantitative estimate of drug-likeness (QED) is 0.581. The van der Waals surface area contributed by atoms with Crippen molar-refractivity contribution in [2.75, 3.05) is 13.6 Å². The molecule has 14 heavy (non-hydrogen) atoms. The number of aryl methyl sites for hydroxylation is 1. The fraction of sp³-hybridized carbons (Fsp3) is 0.333. The summed E-state index contributed by atoms with van der Waals surface area (Å²) in [5.41, 5.74) is 2.07. The zero-order valence-corrected chi connectivity index (χ0v) is 9.28. The summed E-state index contributed by atoms with van der Waals surface area (Å²) in [4.78, 5) is 0. The first-order valence-corrected chi connectivity index (χ1v) is 5.01. The van der Waals surface area contributed by atoms with E-state index in [1.54, 1.807) is 0 Å². The lowest BCUT2D eigenvalue weighted by atomic mass is 10.1. The normalized spacial score (nSPS) is 9.36. The van der Waals surface area contributed by atoms with Gasteiger partial charge in [0.15, 0.2) is 0 Å². The van der Waals surface area contributed by atoms with Gasteiger partial charge in [-0.25, -0.2) is 0 Å². The molecule has 0 spiro atoms. The average molecular weight is 208 g/mol. The summed E-state index contributed by atoms with van der Waals surface area (Å²) < 4.78 is 0. The molecule has 0 saturated heterocycles. The molecule has 1 aromatic carbocycles. The van der Waals surface area contributed by atoms with Crippen LogP contribution in [-0.4, -0.2) is 13.6 Å². The van der Waals surface area contributed by atoms with E-state index in [2.05, 4.69) is 17.2 Å². The fourth-order valence-electron chi connectivity index (χ4n) is 1.07. The van der Waals surface area contributed by atoms with Gasteiger partial charge in [-0.15, -0.1) is 0 Å². The molecule has 0 atom stereocenters. The number of nitrogens with one attached hydrogen (secondary N) is 1. The van der Waals surface area contributed by atoms with Gasteiger partial charge in [0.05, 0.1) is 5.02 Å². The average Bonchev–Trinajstić information content (AvgIpc) is 2.15. The van der Waals surface area contributed by atoms with Crippen molar-refractivity contribution in [3.8, 4) is 11.8 Å². The van der Waals surface area contributed by atoms with Crippen molar-refractivity contribution in [1.82, 2.24) is 5.32 Å². The minimum absolute atomic E-state index is 0.738. The monoisotopic (exact) mass is 207 g/mol. The molecule has 0 radical (unpaired) electrons. The van der Waals surface area contributed by atoms with Crippen molar-refractivity contribution >= 4 is 11.6 Å². The first-order valence-electron chi connectivity index (χ1n) is 4.63. The highest BCUT2D eigenvalue weighted by atomic mass is 35.5. The van der Waals surface area contributed by atoms with E-state index in [-0.39, 0.29) is 0 Å². The Kier molecular flexibility index (Phi) is 4.52. The maximum absolute atomic E-state index is 6.02. The zero-order chi connectivity index (χ0) is 10.4. The molecule has 1 rings (SSSR count). The zero-order valence-electron chi connectivity index (χ0n) is 8.52. The van der Waals surface area contributed by atoms with Gasteiger partial charge in [0.25, 0.3) is 0 Å². The largest absolute Gasteiger partial charge is 0.319 e. The van der Waals surface area contributed by atoms with Gasteiger partial charge < -0.3 is 5.32 Å². The molecule has 74 valence electrons. The molecule has 0 bridgehead atoms. The summed E-state index contributed by atoms with van der Waals surface area (Å²) in [5, 5.41) is 3.78. The van der Waals surface area contributed by atoms with Gasteiger partial charge in [-0.1, -0.05) is 29.5 Å². The van der Waals surface area contributed by atoms with Gasteiger partial charge in [0.2, 0.25) is 0 Å². The molecule has 0 amide bonds. The highest BCUT2D eigenvalue weighted by Gasteiger charge is 1.95. The van der Waals surface area contributed by atoms with Crippen LogP contribution in [0.15, 0.2) is 18.2 Å². The van der Waals surface area contributed by atoms with Gasteiger partial charge in [0, 0.05) is 18.5 Å². The second kappa shape index (κ2) is 5.70. The van der Waals surface area contributed by atoms with E-state index < -0.39 is 0 Å². The van der Waals surface area contributed by atoms with Crippen LogP contribution < -0.4 is 5.32 Å². The molecule has 1 nitrogen and oxygen atoms in total. The highest BCUT2D eigenvalue weighted by Crippen LogP contribution is 2.16. The molecule has 0 unspecified atom stereocenters. The van der Waals surface area contributed by atoms with Crippen molar-refractivity contribution in [2.45, 2.75) is 13.3 Å². The van der Waals surface area contributed by atoms with E-state index in [1.165, 1.54) is 0 Å². The van der Waals surface area contributed by atoms with Crippen LogP contribution in [0.1, 0.15) is 17.5 Å². The Morgan fingerprint density at radius 1 is 1.43 bits per heavy atom. The number of halogens is 1. The Hall–Kier alpha value is -0.970. The van der Waals surface area contributed by atoms with Gasteiger partial charge in [-0.2, -0.15) is 0 Å². The molecule has 0 fully saturated rings. The van der Waals surface area contributed by atoms with E-state index >= 15 is 0 Å². The summed E-state index contributed by atoms with van der Waals surface area (Å²) in [6, 6.07) is 5.92. The first-order chi connectivity index (χ1) is 6.74. The molecular formula is C12H14ClN. The Balaban J connectivity index is 2.70.